The normalized spacial score (nSPS) is 17.7. The lowest BCUT2D eigenvalue weighted by molar-refractivity contribution is -0.136. The second-order valence-electron chi connectivity index (χ2n) is 7.05. The maximum Gasteiger partial charge on any atom is 0.255 e. The molecule has 0 aromatic heterocycles. The quantitative estimate of drug-likeness (QED) is 0.482. The van der Waals surface area contributed by atoms with Crippen LogP contribution in [0, 0.1) is 12.7 Å². The van der Waals surface area contributed by atoms with E-state index in [4.69, 9.17) is 0 Å². The highest BCUT2D eigenvalue weighted by Crippen LogP contribution is 2.27. The number of amides is 2. The maximum absolute atomic E-state index is 13.4. The summed E-state index contributed by atoms with van der Waals surface area (Å²) >= 11 is 0. The summed E-state index contributed by atoms with van der Waals surface area (Å²) in [5.74, 6) is -0.800. The van der Waals surface area contributed by atoms with E-state index in [-0.39, 0.29) is 37.0 Å². The second-order valence-corrected chi connectivity index (χ2v) is 7.05. The van der Waals surface area contributed by atoms with Gasteiger partial charge >= 0.3 is 0 Å². The number of carbonyl (C=O) groups is 3. The van der Waals surface area contributed by atoms with E-state index in [0.29, 0.717) is 17.7 Å². The van der Waals surface area contributed by atoms with Gasteiger partial charge in [0.2, 0.25) is 5.91 Å². The fraction of sp³-hybridized carbons (Fsp3) is 0.348. The number of carbonyl (C=O) groups excluding carboxylic acids is 3. The SMILES string of the molecule is C\C=C/C=C1/C(=O)N(C(CCC=O)C(=O)NC)C/C1=C\NCc1ccc(F)c(C)c1. The van der Waals surface area contributed by atoms with Crippen molar-refractivity contribution < 1.29 is 18.8 Å². The summed E-state index contributed by atoms with van der Waals surface area (Å²) in [5, 5.41) is 5.75. The topological polar surface area (TPSA) is 78.5 Å². The van der Waals surface area contributed by atoms with Gasteiger partial charge < -0.3 is 20.3 Å². The largest absolute Gasteiger partial charge is 0.387 e. The molecule has 0 radical (unpaired) electrons. The molecule has 1 fully saturated rings. The first-order valence-electron chi connectivity index (χ1n) is 9.89. The molecule has 1 aromatic rings. The van der Waals surface area contributed by atoms with Crippen LogP contribution < -0.4 is 10.6 Å². The van der Waals surface area contributed by atoms with Crippen molar-refractivity contribution in [2.45, 2.75) is 39.3 Å². The first-order valence-corrected chi connectivity index (χ1v) is 9.89. The molecule has 0 spiro atoms. The molecule has 7 heteroatoms. The summed E-state index contributed by atoms with van der Waals surface area (Å²) in [6.45, 7) is 4.29. The van der Waals surface area contributed by atoms with E-state index in [1.807, 2.05) is 13.0 Å². The van der Waals surface area contributed by atoms with Crippen molar-refractivity contribution in [2.24, 2.45) is 0 Å². The van der Waals surface area contributed by atoms with Crippen LogP contribution in [-0.2, 0) is 20.9 Å². The number of likely N-dealkylation sites (tertiary alicyclic amines) is 1. The van der Waals surface area contributed by atoms with Crippen LogP contribution in [0.2, 0.25) is 0 Å². The number of allylic oxidation sites excluding steroid dienone is 3. The summed E-state index contributed by atoms with van der Waals surface area (Å²) in [7, 11) is 1.51. The molecule has 2 N–H and O–H groups in total. The second kappa shape index (κ2) is 11.1. The van der Waals surface area contributed by atoms with Gasteiger partial charge in [-0.2, -0.15) is 0 Å². The number of rotatable bonds is 9. The summed E-state index contributed by atoms with van der Waals surface area (Å²) < 4.78 is 13.4. The van der Waals surface area contributed by atoms with Gasteiger partial charge in [0.15, 0.2) is 0 Å². The van der Waals surface area contributed by atoms with Crippen molar-refractivity contribution >= 4 is 18.1 Å². The smallest absolute Gasteiger partial charge is 0.255 e. The number of hydrogen-bond donors (Lipinski definition) is 2. The Kier molecular flexibility index (Phi) is 8.53. The van der Waals surface area contributed by atoms with Crippen molar-refractivity contribution in [3.8, 4) is 0 Å². The van der Waals surface area contributed by atoms with Gasteiger partial charge in [-0.25, -0.2) is 4.39 Å². The number of nitrogens with one attached hydrogen (secondary N) is 2. The highest BCUT2D eigenvalue weighted by atomic mass is 19.1. The van der Waals surface area contributed by atoms with Crippen molar-refractivity contribution in [1.29, 1.82) is 0 Å². The average Bonchev–Trinajstić information content (AvgIpc) is 3.04. The zero-order chi connectivity index (χ0) is 22.1. The van der Waals surface area contributed by atoms with Gasteiger partial charge in [-0.3, -0.25) is 9.59 Å². The number of halogens is 1. The minimum absolute atomic E-state index is 0.191. The number of likely N-dealkylation sites (N-methyl/N-ethyl adjacent to an activating group) is 1. The van der Waals surface area contributed by atoms with Gasteiger partial charge in [0.25, 0.3) is 5.91 Å². The summed E-state index contributed by atoms with van der Waals surface area (Å²) in [6, 6.07) is 4.19. The van der Waals surface area contributed by atoms with E-state index in [1.165, 1.54) is 18.0 Å². The standard InChI is InChI=1S/C23H28FN3O3/c1-4-5-7-19-18(14-26-13-17-9-10-20(24)16(2)12-17)15-27(23(19)30)21(8-6-11-28)22(29)25-3/h4-5,7,9-12,14,21,26H,6,8,13,15H2,1-3H3,(H,25,29)/b5-4-,18-14+,19-7+. The molecule has 1 saturated heterocycles. The summed E-state index contributed by atoms with van der Waals surface area (Å²) in [4.78, 5) is 37.6. The number of benzene rings is 1. The Balaban J connectivity index is 2.24. The van der Waals surface area contributed by atoms with Gasteiger partial charge in [0, 0.05) is 38.3 Å². The first kappa shape index (κ1) is 23.1. The molecule has 0 aliphatic carbocycles. The molecule has 1 unspecified atom stereocenters. The third-order valence-corrected chi connectivity index (χ3v) is 4.92. The zero-order valence-electron chi connectivity index (χ0n) is 17.6. The molecule has 1 heterocycles. The molecular weight excluding hydrogens is 385 g/mol. The van der Waals surface area contributed by atoms with E-state index in [1.54, 1.807) is 37.4 Å². The Morgan fingerprint density at radius 2 is 2.13 bits per heavy atom. The summed E-state index contributed by atoms with van der Waals surface area (Å²) in [6.07, 6.45) is 8.27. The van der Waals surface area contributed by atoms with E-state index in [0.717, 1.165) is 17.4 Å². The lowest BCUT2D eigenvalue weighted by atomic mass is 10.1. The molecule has 6 nitrogen and oxygen atoms in total. The molecule has 1 aromatic carbocycles. The van der Waals surface area contributed by atoms with Crippen molar-refractivity contribution in [3.63, 3.8) is 0 Å². The fourth-order valence-corrected chi connectivity index (χ4v) is 3.31. The Hall–Kier alpha value is -3.22. The Bertz CT molecular complexity index is 890. The third kappa shape index (κ3) is 5.65. The molecular formula is C23H28FN3O3. The first-order chi connectivity index (χ1) is 14.4. The van der Waals surface area contributed by atoms with Crippen molar-refractivity contribution in [2.75, 3.05) is 13.6 Å². The molecule has 160 valence electrons. The lowest BCUT2D eigenvalue weighted by Gasteiger charge is -2.25. The Morgan fingerprint density at radius 1 is 1.37 bits per heavy atom. The van der Waals surface area contributed by atoms with Crippen LogP contribution in [0.5, 0.6) is 0 Å². The number of aldehydes is 1. The summed E-state index contributed by atoms with van der Waals surface area (Å²) in [5.41, 5.74) is 2.73. The number of aryl methyl sites for hydroxylation is 1. The Morgan fingerprint density at radius 3 is 2.77 bits per heavy atom. The van der Waals surface area contributed by atoms with Crippen LogP contribution in [0.4, 0.5) is 4.39 Å². The van der Waals surface area contributed by atoms with E-state index in [2.05, 4.69) is 10.6 Å². The van der Waals surface area contributed by atoms with Crippen molar-refractivity contribution in [1.82, 2.24) is 15.5 Å². The van der Waals surface area contributed by atoms with Crippen LogP contribution in [0.3, 0.4) is 0 Å². The van der Waals surface area contributed by atoms with E-state index >= 15 is 0 Å². The monoisotopic (exact) mass is 413 g/mol. The van der Waals surface area contributed by atoms with Gasteiger partial charge in [0.1, 0.15) is 18.1 Å². The molecule has 0 saturated carbocycles. The zero-order valence-corrected chi connectivity index (χ0v) is 17.6. The van der Waals surface area contributed by atoms with Crippen LogP contribution in [0.25, 0.3) is 0 Å². The van der Waals surface area contributed by atoms with Gasteiger partial charge in [-0.15, -0.1) is 0 Å². The van der Waals surface area contributed by atoms with Crippen LogP contribution in [-0.4, -0.2) is 42.6 Å². The van der Waals surface area contributed by atoms with Crippen molar-refractivity contribution in [3.05, 3.63) is 70.7 Å². The van der Waals surface area contributed by atoms with Crippen LogP contribution in [0.1, 0.15) is 30.9 Å². The molecule has 2 amide bonds. The average molecular weight is 413 g/mol. The predicted molar refractivity (Wildman–Crippen MR) is 114 cm³/mol. The number of nitrogens with zero attached hydrogens (tertiary/aromatic N) is 1. The predicted octanol–water partition coefficient (Wildman–Crippen LogP) is 2.55. The fourth-order valence-electron chi connectivity index (χ4n) is 3.31. The molecule has 2 rings (SSSR count). The van der Waals surface area contributed by atoms with Crippen LogP contribution >= 0.6 is 0 Å². The minimum atomic E-state index is -0.715. The van der Waals surface area contributed by atoms with Gasteiger partial charge in [-0.1, -0.05) is 24.3 Å². The molecule has 0 bridgehead atoms. The molecule has 1 aliphatic heterocycles. The van der Waals surface area contributed by atoms with Gasteiger partial charge in [-0.05, 0) is 49.1 Å². The highest BCUT2D eigenvalue weighted by molar-refractivity contribution is 6.04. The molecule has 1 aliphatic rings. The molecule has 1 atom stereocenters. The highest BCUT2D eigenvalue weighted by Gasteiger charge is 2.37. The van der Waals surface area contributed by atoms with Gasteiger partial charge in [0.05, 0.1) is 0 Å². The van der Waals surface area contributed by atoms with E-state index < -0.39 is 6.04 Å². The maximum atomic E-state index is 13.4. The Labute approximate surface area is 176 Å². The third-order valence-electron chi connectivity index (χ3n) is 4.92. The lowest BCUT2D eigenvalue weighted by Crippen LogP contribution is -2.46. The minimum Gasteiger partial charge on any atom is -0.387 e. The number of hydrogen-bond acceptors (Lipinski definition) is 4. The van der Waals surface area contributed by atoms with E-state index in [9.17, 15) is 18.8 Å². The van der Waals surface area contributed by atoms with Crippen LogP contribution in [0.15, 0.2) is 53.8 Å². The molecule has 30 heavy (non-hydrogen) atoms.